The monoisotopic (exact) mass is 336 g/mol. The van der Waals surface area contributed by atoms with Crippen molar-refractivity contribution in [2.75, 3.05) is 25.6 Å². The topological polar surface area (TPSA) is 85.9 Å². The van der Waals surface area contributed by atoms with Crippen LogP contribution in [0.15, 0.2) is 29.2 Å². The van der Waals surface area contributed by atoms with E-state index in [1.807, 2.05) is 0 Å². The van der Waals surface area contributed by atoms with Crippen molar-refractivity contribution in [1.82, 2.24) is 4.57 Å². The lowest BCUT2D eigenvalue weighted by molar-refractivity contribution is -0.00436. The van der Waals surface area contributed by atoms with E-state index in [9.17, 15) is 24.5 Å². The van der Waals surface area contributed by atoms with Crippen LogP contribution in [-0.4, -0.2) is 52.8 Å². The summed E-state index contributed by atoms with van der Waals surface area (Å²) in [5.41, 5.74) is -0.0390. The van der Waals surface area contributed by atoms with Crippen molar-refractivity contribution in [3.8, 4) is 0 Å². The van der Waals surface area contributed by atoms with Crippen LogP contribution >= 0.6 is 0 Å². The fraction of sp³-hybridized carbons (Fsp3) is 0.471. The van der Waals surface area contributed by atoms with Crippen molar-refractivity contribution in [3.63, 3.8) is 0 Å². The summed E-state index contributed by atoms with van der Waals surface area (Å²) in [6.07, 6.45) is -0.413. The molecule has 7 heteroatoms. The van der Waals surface area contributed by atoms with E-state index in [4.69, 9.17) is 0 Å². The normalized spacial score (nSPS) is 26.9. The third-order valence-electron chi connectivity index (χ3n) is 4.84. The Morgan fingerprint density at radius 2 is 2.00 bits per heavy atom. The molecule has 0 unspecified atom stereocenters. The number of nitrogens with zero attached hydrogens (tertiary/aromatic N) is 2. The molecule has 4 atom stereocenters. The van der Waals surface area contributed by atoms with Crippen molar-refractivity contribution < 1.29 is 19.7 Å². The first-order valence-electron chi connectivity index (χ1n) is 7.84. The first-order valence-corrected chi connectivity index (χ1v) is 7.84. The second-order valence-corrected chi connectivity index (χ2v) is 6.54. The van der Waals surface area contributed by atoms with Gasteiger partial charge in [-0.2, -0.15) is 0 Å². The lowest BCUT2D eigenvalue weighted by Crippen LogP contribution is -2.34. The number of halogens is 1. The van der Waals surface area contributed by atoms with Crippen LogP contribution in [0.3, 0.4) is 0 Å². The van der Waals surface area contributed by atoms with Crippen LogP contribution in [0.1, 0.15) is 12.5 Å². The van der Waals surface area contributed by atoms with Gasteiger partial charge in [0.05, 0.1) is 23.2 Å². The Morgan fingerprint density at radius 3 is 2.58 bits per heavy atom. The maximum Gasteiger partial charge on any atom is 0.258 e. The van der Waals surface area contributed by atoms with Gasteiger partial charge in [0.15, 0.2) is 0 Å². The Morgan fingerprint density at radius 1 is 1.29 bits per heavy atom. The smallest absolute Gasteiger partial charge is 0.258 e. The van der Waals surface area contributed by atoms with Gasteiger partial charge < -0.3 is 24.8 Å². The summed E-state index contributed by atoms with van der Waals surface area (Å²) >= 11 is 0. The molecule has 0 radical (unpaired) electrons. The number of fused-ring (bicyclic) bond motifs is 1. The Hall–Kier alpha value is -1.96. The molecule has 1 aliphatic rings. The van der Waals surface area contributed by atoms with Gasteiger partial charge in [-0.1, -0.05) is 0 Å². The van der Waals surface area contributed by atoms with Crippen LogP contribution in [0.25, 0.3) is 10.8 Å². The first-order chi connectivity index (χ1) is 11.3. The van der Waals surface area contributed by atoms with Crippen molar-refractivity contribution >= 4 is 16.5 Å². The van der Waals surface area contributed by atoms with E-state index in [1.54, 1.807) is 37.3 Å². The van der Waals surface area contributed by atoms with Crippen LogP contribution in [0, 0.1) is 11.7 Å². The molecule has 1 heterocycles. The van der Waals surface area contributed by atoms with Gasteiger partial charge in [-0.25, -0.2) is 4.39 Å². The molecule has 3 rings (SSSR count). The summed E-state index contributed by atoms with van der Waals surface area (Å²) in [6, 6.07) is 3.84. The Kier molecular flexibility index (Phi) is 4.33. The Balaban J connectivity index is 2.10. The molecule has 0 spiro atoms. The molecule has 1 aromatic carbocycles. The van der Waals surface area contributed by atoms with E-state index < -0.39 is 35.5 Å². The molecule has 0 aliphatic heterocycles. The van der Waals surface area contributed by atoms with Crippen LogP contribution in [-0.2, 0) is 0 Å². The molecule has 130 valence electrons. The fourth-order valence-electron chi connectivity index (χ4n) is 3.43. The fourth-order valence-corrected chi connectivity index (χ4v) is 3.43. The van der Waals surface area contributed by atoms with Crippen LogP contribution < -0.4 is 10.5 Å². The molecule has 3 N–H and O–H groups in total. The van der Waals surface area contributed by atoms with Crippen LogP contribution in [0.5, 0.6) is 0 Å². The molecular formula is C17H21FN2O4. The van der Waals surface area contributed by atoms with Gasteiger partial charge in [-0.3, -0.25) is 4.79 Å². The predicted molar refractivity (Wildman–Crippen MR) is 88.7 cm³/mol. The zero-order chi connectivity index (χ0) is 17.6. The van der Waals surface area contributed by atoms with Crippen LogP contribution in [0.2, 0.25) is 0 Å². The Labute approximate surface area is 138 Å². The van der Waals surface area contributed by atoms with Gasteiger partial charge in [-0.05, 0) is 30.0 Å². The standard InChI is InChI=1S/C17H21FN2O4/c1-19(2)13-5-9-3-4-20(17(24)11(9)7-12(13)18)14-6-10(8-21)15(22)16(14)23/h3-5,7,10,14-16,21-23H,6,8H2,1-2H3/t10-,14-,15-,16+/m1/s1. The van der Waals surface area contributed by atoms with E-state index in [0.717, 1.165) is 0 Å². The summed E-state index contributed by atoms with van der Waals surface area (Å²) in [5.74, 6) is -0.983. The van der Waals surface area contributed by atoms with Gasteiger partial charge in [0.2, 0.25) is 0 Å². The number of rotatable bonds is 3. The molecular weight excluding hydrogens is 315 g/mol. The summed E-state index contributed by atoms with van der Waals surface area (Å²) < 4.78 is 15.5. The minimum absolute atomic E-state index is 0.217. The van der Waals surface area contributed by atoms with Gasteiger partial charge in [0.1, 0.15) is 11.9 Å². The number of anilines is 1. The zero-order valence-corrected chi connectivity index (χ0v) is 13.6. The third-order valence-corrected chi connectivity index (χ3v) is 4.84. The van der Waals surface area contributed by atoms with Crippen molar-refractivity contribution in [2.45, 2.75) is 24.7 Å². The predicted octanol–water partition coefficient (Wildman–Crippen LogP) is 0.482. The summed E-state index contributed by atoms with van der Waals surface area (Å²) in [6.45, 7) is -0.266. The highest BCUT2D eigenvalue weighted by atomic mass is 19.1. The highest BCUT2D eigenvalue weighted by Crippen LogP contribution is 2.35. The molecule has 0 amide bonds. The van der Waals surface area contributed by atoms with Crippen molar-refractivity contribution in [2.24, 2.45) is 5.92 Å². The average Bonchev–Trinajstić information content (AvgIpc) is 2.83. The van der Waals surface area contributed by atoms with Crippen molar-refractivity contribution in [1.29, 1.82) is 0 Å². The van der Waals surface area contributed by atoms with Crippen molar-refractivity contribution in [3.05, 3.63) is 40.6 Å². The summed E-state index contributed by atoms with van der Waals surface area (Å²) in [4.78, 5) is 14.4. The molecule has 0 bridgehead atoms. The summed E-state index contributed by atoms with van der Waals surface area (Å²) in [7, 11) is 3.44. The third kappa shape index (κ3) is 2.58. The second-order valence-electron chi connectivity index (χ2n) is 6.54. The molecule has 2 aromatic rings. The SMILES string of the molecule is CN(C)c1cc2ccn([C@@H]3C[C@H](CO)[C@@H](O)[C@H]3O)c(=O)c2cc1F. The number of hydrogen-bond acceptors (Lipinski definition) is 5. The lowest BCUT2D eigenvalue weighted by Gasteiger charge is -2.20. The van der Waals surface area contributed by atoms with Crippen LogP contribution in [0.4, 0.5) is 10.1 Å². The molecule has 1 aromatic heterocycles. The van der Waals surface area contributed by atoms with E-state index in [2.05, 4.69) is 0 Å². The molecule has 24 heavy (non-hydrogen) atoms. The van der Waals surface area contributed by atoms with E-state index in [0.29, 0.717) is 11.1 Å². The molecule has 0 saturated heterocycles. The highest BCUT2D eigenvalue weighted by Gasteiger charge is 2.42. The summed E-state index contributed by atoms with van der Waals surface area (Å²) in [5, 5.41) is 30.2. The van der Waals surface area contributed by atoms with Gasteiger partial charge in [0.25, 0.3) is 5.56 Å². The van der Waals surface area contributed by atoms with Gasteiger partial charge in [-0.15, -0.1) is 0 Å². The maximum absolute atomic E-state index is 14.2. The largest absolute Gasteiger partial charge is 0.396 e. The molecule has 6 nitrogen and oxygen atoms in total. The highest BCUT2D eigenvalue weighted by molar-refractivity contribution is 5.85. The number of hydrogen-bond donors (Lipinski definition) is 3. The second kappa shape index (κ2) is 6.16. The minimum atomic E-state index is -1.15. The van der Waals surface area contributed by atoms with Gasteiger partial charge >= 0.3 is 0 Å². The molecule has 1 saturated carbocycles. The average molecular weight is 336 g/mol. The number of benzene rings is 1. The molecule has 1 aliphatic carbocycles. The first kappa shape index (κ1) is 16.9. The zero-order valence-electron chi connectivity index (χ0n) is 13.6. The lowest BCUT2D eigenvalue weighted by atomic mass is 10.1. The number of pyridine rings is 1. The molecule has 1 fully saturated rings. The van der Waals surface area contributed by atoms with E-state index in [1.165, 1.54) is 10.6 Å². The van der Waals surface area contributed by atoms with Gasteiger partial charge in [0, 0.05) is 32.8 Å². The Bertz CT molecular complexity index is 820. The number of aliphatic hydroxyl groups is 3. The minimum Gasteiger partial charge on any atom is -0.396 e. The van der Waals surface area contributed by atoms with E-state index >= 15 is 0 Å². The quantitative estimate of drug-likeness (QED) is 0.759. The number of aromatic nitrogens is 1. The number of aliphatic hydroxyl groups excluding tert-OH is 3. The van der Waals surface area contributed by atoms with E-state index in [-0.39, 0.29) is 18.4 Å². The maximum atomic E-state index is 14.2.